The van der Waals surface area contributed by atoms with E-state index in [1.807, 2.05) is 31.2 Å². The molecule has 1 atom stereocenters. The van der Waals surface area contributed by atoms with Gasteiger partial charge in [0, 0.05) is 30.1 Å². The van der Waals surface area contributed by atoms with E-state index in [0.29, 0.717) is 22.7 Å². The first-order valence-electron chi connectivity index (χ1n) is 8.13. The maximum absolute atomic E-state index is 12.4. The fraction of sp³-hybridized carbons (Fsp3) is 0.211. The Kier molecular flexibility index (Phi) is 5.27. The average molecular weight is 369 g/mol. The van der Waals surface area contributed by atoms with Gasteiger partial charge in [0.2, 0.25) is 11.8 Å². The van der Waals surface area contributed by atoms with Gasteiger partial charge in [0.05, 0.1) is 5.25 Å². The van der Waals surface area contributed by atoms with E-state index in [4.69, 9.17) is 4.42 Å². The molecule has 0 aliphatic heterocycles. The van der Waals surface area contributed by atoms with Gasteiger partial charge in [-0.05, 0) is 49.4 Å². The molecule has 0 fully saturated rings. The number of carbonyl (C=O) groups excluding carboxylic acids is 2. The van der Waals surface area contributed by atoms with Crippen molar-refractivity contribution in [2.75, 3.05) is 10.6 Å². The number of anilines is 2. The lowest BCUT2D eigenvalue weighted by atomic mass is 10.3. The Morgan fingerprint density at radius 2 is 1.77 bits per heavy atom. The van der Waals surface area contributed by atoms with Crippen molar-refractivity contribution in [1.82, 2.24) is 4.98 Å². The zero-order chi connectivity index (χ0) is 18.7. The molecule has 1 heterocycles. The summed E-state index contributed by atoms with van der Waals surface area (Å²) < 4.78 is 5.43. The summed E-state index contributed by atoms with van der Waals surface area (Å²) in [5.74, 6) is 0.382. The summed E-state index contributed by atoms with van der Waals surface area (Å²) in [5.41, 5.74) is 2.83. The van der Waals surface area contributed by atoms with Gasteiger partial charge in [-0.15, -0.1) is 11.8 Å². The van der Waals surface area contributed by atoms with E-state index in [9.17, 15) is 9.59 Å². The molecule has 0 saturated carbocycles. The highest BCUT2D eigenvalue weighted by Gasteiger charge is 2.15. The molecule has 2 N–H and O–H groups in total. The first kappa shape index (κ1) is 18.0. The number of rotatable bonds is 5. The molecule has 3 aromatic rings. The Morgan fingerprint density at radius 3 is 2.46 bits per heavy atom. The molecular formula is C19H19N3O3S. The first-order valence-corrected chi connectivity index (χ1v) is 9.01. The van der Waals surface area contributed by atoms with E-state index in [0.717, 1.165) is 10.6 Å². The van der Waals surface area contributed by atoms with Crippen molar-refractivity contribution >= 4 is 46.1 Å². The van der Waals surface area contributed by atoms with E-state index in [-0.39, 0.29) is 17.1 Å². The van der Waals surface area contributed by atoms with E-state index in [1.54, 1.807) is 25.1 Å². The molecule has 2 aromatic carbocycles. The van der Waals surface area contributed by atoms with Crippen molar-refractivity contribution in [3.05, 3.63) is 48.4 Å². The van der Waals surface area contributed by atoms with Crippen molar-refractivity contribution in [3.8, 4) is 0 Å². The molecule has 1 aromatic heterocycles. The number of hydrogen-bond donors (Lipinski definition) is 2. The van der Waals surface area contributed by atoms with Crippen LogP contribution in [-0.4, -0.2) is 22.0 Å². The van der Waals surface area contributed by atoms with Gasteiger partial charge in [-0.3, -0.25) is 9.59 Å². The van der Waals surface area contributed by atoms with E-state index in [2.05, 4.69) is 15.6 Å². The van der Waals surface area contributed by atoms with Crippen LogP contribution in [0.15, 0.2) is 51.8 Å². The Hall–Kier alpha value is -2.80. The molecule has 7 heteroatoms. The summed E-state index contributed by atoms with van der Waals surface area (Å²) in [6.45, 7) is 5.10. The van der Waals surface area contributed by atoms with Crippen LogP contribution in [0.2, 0.25) is 0 Å². The van der Waals surface area contributed by atoms with Crippen LogP contribution in [0.4, 0.5) is 11.4 Å². The predicted octanol–water partition coefficient (Wildman–Crippen LogP) is 4.21. The van der Waals surface area contributed by atoms with Crippen LogP contribution < -0.4 is 10.6 Å². The minimum absolute atomic E-state index is 0.0968. The van der Waals surface area contributed by atoms with Gasteiger partial charge in [-0.2, -0.15) is 0 Å². The van der Waals surface area contributed by atoms with Crippen molar-refractivity contribution in [1.29, 1.82) is 0 Å². The lowest BCUT2D eigenvalue weighted by Crippen LogP contribution is -2.22. The Bertz CT molecular complexity index is 950. The van der Waals surface area contributed by atoms with Crippen LogP contribution in [0.5, 0.6) is 0 Å². The third kappa shape index (κ3) is 4.43. The summed E-state index contributed by atoms with van der Waals surface area (Å²) in [6, 6.07) is 12.8. The zero-order valence-corrected chi connectivity index (χ0v) is 15.5. The van der Waals surface area contributed by atoms with Crippen molar-refractivity contribution in [2.45, 2.75) is 30.9 Å². The number of thioether (sulfide) groups is 1. The van der Waals surface area contributed by atoms with Crippen LogP contribution in [-0.2, 0) is 9.59 Å². The second-order valence-electron chi connectivity index (χ2n) is 5.87. The van der Waals surface area contributed by atoms with Gasteiger partial charge >= 0.3 is 0 Å². The van der Waals surface area contributed by atoms with Gasteiger partial charge in [0.15, 0.2) is 11.5 Å². The van der Waals surface area contributed by atoms with Gasteiger partial charge in [0.25, 0.3) is 0 Å². The number of oxazole rings is 1. The molecule has 0 aliphatic carbocycles. The number of carbonyl (C=O) groups is 2. The minimum Gasteiger partial charge on any atom is -0.441 e. The van der Waals surface area contributed by atoms with Gasteiger partial charge < -0.3 is 15.1 Å². The SMILES string of the molecule is CC(=O)Nc1ccc(SC(C)C(=O)Nc2ccc3oc(C)nc3c2)cc1. The molecule has 0 spiro atoms. The topological polar surface area (TPSA) is 84.2 Å². The number of benzene rings is 2. The number of hydrogen-bond acceptors (Lipinski definition) is 5. The highest BCUT2D eigenvalue weighted by atomic mass is 32.2. The zero-order valence-electron chi connectivity index (χ0n) is 14.7. The van der Waals surface area contributed by atoms with E-state index >= 15 is 0 Å². The summed E-state index contributed by atoms with van der Waals surface area (Å²) in [6.07, 6.45) is 0. The van der Waals surface area contributed by atoms with Crippen LogP contribution in [0.3, 0.4) is 0 Å². The Labute approximate surface area is 155 Å². The third-order valence-corrected chi connectivity index (χ3v) is 4.73. The first-order chi connectivity index (χ1) is 12.4. The number of amides is 2. The van der Waals surface area contributed by atoms with Crippen molar-refractivity contribution in [2.24, 2.45) is 0 Å². The predicted molar refractivity (Wildman–Crippen MR) is 103 cm³/mol. The summed E-state index contributed by atoms with van der Waals surface area (Å²) in [4.78, 5) is 28.7. The second kappa shape index (κ2) is 7.61. The van der Waals surface area contributed by atoms with Crippen LogP contribution in [0, 0.1) is 6.92 Å². The number of nitrogens with one attached hydrogen (secondary N) is 2. The number of aromatic nitrogens is 1. The van der Waals surface area contributed by atoms with Gasteiger partial charge in [-0.1, -0.05) is 0 Å². The lowest BCUT2D eigenvalue weighted by molar-refractivity contribution is -0.115. The van der Waals surface area contributed by atoms with Crippen molar-refractivity contribution in [3.63, 3.8) is 0 Å². The van der Waals surface area contributed by atoms with Gasteiger partial charge in [-0.25, -0.2) is 4.98 Å². The quantitative estimate of drug-likeness (QED) is 0.658. The van der Waals surface area contributed by atoms with Crippen LogP contribution in [0.1, 0.15) is 19.7 Å². The number of fused-ring (bicyclic) bond motifs is 1. The molecule has 1 unspecified atom stereocenters. The summed E-state index contributed by atoms with van der Waals surface area (Å²) >= 11 is 1.45. The molecule has 26 heavy (non-hydrogen) atoms. The fourth-order valence-electron chi connectivity index (χ4n) is 2.44. The summed E-state index contributed by atoms with van der Waals surface area (Å²) in [7, 11) is 0. The third-order valence-electron chi connectivity index (χ3n) is 3.62. The normalized spacial score (nSPS) is 12.0. The molecule has 134 valence electrons. The maximum Gasteiger partial charge on any atom is 0.237 e. The number of aryl methyl sites for hydroxylation is 1. The fourth-order valence-corrected chi connectivity index (χ4v) is 3.31. The maximum atomic E-state index is 12.4. The smallest absolute Gasteiger partial charge is 0.237 e. The standard InChI is InChI=1S/C19H19N3O3S/c1-11(26-16-7-4-14(5-8-16)20-12(2)23)19(24)22-15-6-9-18-17(10-15)21-13(3)25-18/h4-11H,1-3H3,(H,20,23)(H,22,24). The van der Waals surface area contributed by atoms with Crippen molar-refractivity contribution < 1.29 is 14.0 Å². The average Bonchev–Trinajstić information content (AvgIpc) is 2.95. The molecule has 0 bridgehead atoms. The highest BCUT2D eigenvalue weighted by molar-refractivity contribution is 8.00. The van der Waals surface area contributed by atoms with E-state index in [1.165, 1.54) is 18.7 Å². The highest BCUT2D eigenvalue weighted by Crippen LogP contribution is 2.26. The largest absolute Gasteiger partial charge is 0.441 e. The monoisotopic (exact) mass is 369 g/mol. The second-order valence-corrected chi connectivity index (χ2v) is 7.28. The molecule has 0 aliphatic rings. The van der Waals surface area contributed by atoms with Gasteiger partial charge in [0.1, 0.15) is 5.52 Å². The van der Waals surface area contributed by atoms with Crippen LogP contribution in [0.25, 0.3) is 11.1 Å². The lowest BCUT2D eigenvalue weighted by Gasteiger charge is -2.12. The molecular weight excluding hydrogens is 350 g/mol. The van der Waals surface area contributed by atoms with Crippen LogP contribution >= 0.6 is 11.8 Å². The molecule has 0 radical (unpaired) electrons. The molecule has 6 nitrogen and oxygen atoms in total. The minimum atomic E-state index is -0.281. The molecule has 0 saturated heterocycles. The Morgan fingerprint density at radius 1 is 1.08 bits per heavy atom. The summed E-state index contributed by atoms with van der Waals surface area (Å²) in [5, 5.41) is 5.34. The molecule has 3 rings (SSSR count). The Balaban J connectivity index is 1.62. The number of nitrogens with zero attached hydrogens (tertiary/aromatic N) is 1. The molecule has 2 amide bonds. The van der Waals surface area contributed by atoms with E-state index < -0.39 is 0 Å².